The van der Waals surface area contributed by atoms with Crippen molar-refractivity contribution in [1.29, 1.82) is 0 Å². The lowest BCUT2D eigenvalue weighted by Crippen LogP contribution is -2.39. The van der Waals surface area contributed by atoms with Crippen molar-refractivity contribution in [1.82, 2.24) is 20.8 Å². The van der Waals surface area contributed by atoms with Gasteiger partial charge in [-0.3, -0.25) is 4.99 Å². The number of aliphatic imine (C=N–C) groups is 1. The monoisotopic (exact) mass is 489 g/mol. The van der Waals surface area contributed by atoms with Gasteiger partial charge in [-0.15, -0.1) is 24.0 Å². The van der Waals surface area contributed by atoms with E-state index in [0.29, 0.717) is 24.7 Å². The molecule has 0 unspecified atom stereocenters. The largest absolute Gasteiger partial charge is 0.357 e. The summed E-state index contributed by atoms with van der Waals surface area (Å²) in [7, 11) is 0. The minimum Gasteiger partial charge on any atom is -0.357 e. The van der Waals surface area contributed by atoms with E-state index in [9.17, 15) is 0 Å². The van der Waals surface area contributed by atoms with Crippen LogP contribution in [0.2, 0.25) is 5.02 Å². The lowest BCUT2D eigenvalue weighted by Gasteiger charge is -2.16. The third-order valence-electron chi connectivity index (χ3n) is 4.38. The first-order valence-corrected chi connectivity index (χ1v) is 9.06. The fraction of sp³-hybridized carbons (Fsp3) is 0.500. The van der Waals surface area contributed by atoms with Crippen molar-refractivity contribution >= 4 is 41.5 Å². The summed E-state index contributed by atoms with van der Waals surface area (Å²) in [6, 6.07) is 8.13. The molecule has 1 saturated carbocycles. The maximum Gasteiger partial charge on any atom is 0.228 e. The van der Waals surface area contributed by atoms with Crippen LogP contribution in [-0.2, 0) is 11.8 Å². The highest BCUT2D eigenvalue weighted by atomic mass is 127. The van der Waals surface area contributed by atoms with E-state index in [4.69, 9.17) is 21.1 Å². The first-order chi connectivity index (χ1) is 12.1. The number of rotatable bonds is 7. The van der Waals surface area contributed by atoms with E-state index in [-0.39, 0.29) is 29.4 Å². The van der Waals surface area contributed by atoms with Gasteiger partial charge in [0.15, 0.2) is 11.8 Å². The van der Waals surface area contributed by atoms with Gasteiger partial charge < -0.3 is 15.2 Å². The van der Waals surface area contributed by atoms with E-state index in [1.54, 1.807) is 0 Å². The average Bonchev–Trinajstić information content (AvgIpc) is 3.28. The molecule has 0 aliphatic heterocycles. The Morgan fingerprint density at radius 3 is 2.77 bits per heavy atom. The fourth-order valence-electron chi connectivity index (χ4n) is 2.81. The third kappa shape index (κ3) is 5.57. The summed E-state index contributed by atoms with van der Waals surface area (Å²) in [6.45, 7) is 6.13. The number of benzene rings is 1. The van der Waals surface area contributed by atoms with Crippen LogP contribution < -0.4 is 10.6 Å². The van der Waals surface area contributed by atoms with Gasteiger partial charge in [-0.1, -0.05) is 28.9 Å². The average molecular weight is 490 g/mol. The van der Waals surface area contributed by atoms with Gasteiger partial charge >= 0.3 is 0 Å². The second-order valence-corrected chi connectivity index (χ2v) is 6.83. The molecule has 1 fully saturated rings. The lowest BCUT2D eigenvalue weighted by molar-refractivity contribution is 0.374. The quantitative estimate of drug-likeness (QED) is 0.354. The maximum absolute atomic E-state index is 6.14. The molecule has 0 amide bonds. The molecule has 0 saturated heterocycles. The van der Waals surface area contributed by atoms with Crippen LogP contribution in [0.3, 0.4) is 0 Å². The van der Waals surface area contributed by atoms with Crippen molar-refractivity contribution in [2.24, 2.45) is 4.99 Å². The minimum atomic E-state index is 0. The zero-order valence-corrected chi connectivity index (χ0v) is 18.2. The van der Waals surface area contributed by atoms with Gasteiger partial charge in [-0.25, -0.2) is 0 Å². The Bertz CT molecular complexity index is 745. The molecule has 8 heteroatoms. The Kier molecular flexibility index (Phi) is 7.69. The Morgan fingerprint density at radius 2 is 2.15 bits per heavy atom. The molecule has 1 aromatic heterocycles. The molecule has 1 heterocycles. The van der Waals surface area contributed by atoms with Gasteiger partial charge in [-0.2, -0.15) is 4.98 Å². The third-order valence-corrected chi connectivity index (χ3v) is 4.61. The predicted octanol–water partition coefficient (Wildman–Crippen LogP) is 3.48. The highest BCUT2D eigenvalue weighted by Crippen LogP contribution is 2.48. The van der Waals surface area contributed by atoms with Gasteiger partial charge in [0.05, 0.1) is 6.54 Å². The van der Waals surface area contributed by atoms with Crippen molar-refractivity contribution in [2.75, 3.05) is 19.6 Å². The fourth-order valence-corrected chi connectivity index (χ4v) is 3.00. The standard InChI is InChI=1S/C18H24ClN5O.HI/c1-3-20-17(21-10-7-16-23-13(2)24-25-16)22-12-18(8-9-18)14-5-4-6-15(19)11-14;/h4-6,11H,3,7-10,12H2,1-2H3,(H2,20,21,22);1H. The molecule has 1 aliphatic rings. The van der Waals surface area contributed by atoms with Crippen LogP contribution in [0.5, 0.6) is 0 Å². The summed E-state index contributed by atoms with van der Waals surface area (Å²) in [6.07, 6.45) is 2.97. The highest BCUT2D eigenvalue weighted by molar-refractivity contribution is 14.0. The molecule has 1 aromatic carbocycles. The van der Waals surface area contributed by atoms with Crippen LogP contribution in [-0.4, -0.2) is 35.7 Å². The summed E-state index contributed by atoms with van der Waals surface area (Å²) in [4.78, 5) is 8.98. The number of nitrogens with one attached hydrogen (secondary N) is 2. The number of nitrogens with zero attached hydrogens (tertiary/aromatic N) is 3. The Balaban J connectivity index is 0.00000243. The maximum atomic E-state index is 6.14. The molecule has 0 radical (unpaired) electrons. The van der Waals surface area contributed by atoms with Crippen molar-refractivity contribution in [2.45, 2.75) is 38.5 Å². The number of halogens is 2. The summed E-state index contributed by atoms with van der Waals surface area (Å²) in [5.74, 6) is 2.11. The van der Waals surface area contributed by atoms with Crippen LogP contribution in [0.1, 0.15) is 37.0 Å². The molecule has 1 aliphatic carbocycles. The van der Waals surface area contributed by atoms with Gasteiger partial charge in [0, 0.05) is 29.9 Å². The molecule has 0 spiro atoms. The van der Waals surface area contributed by atoms with Crippen LogP contribution in [0.15, 0.2) is 33.8 Å². The molecule has 2 aromatic rings. The van der Waals surface area contributed by atoms with E-state index >= 15 is 0 Å². The summed E-state index contributed by atoms with van der Waals surface area (Å²) in [5, 5.41) is 11.2. The number of hydrogen-bond donors (Lipinski definition) is 2. The van der Waals surface area contributed by atoms with Crippen LogP contribution in [0.25, 0.3) is 0 Å². The predicted molar refractivity (Wildman–Crippen MR) is 114 cm³/mol. The first kappa shape index (κ1) is 21.0. The van der Waals surface area contributed by atoms with E-state index in [1.165, 1.54) is 5.56 Å². The molecule has 142 valence electrons. The van der Waals surface area contributed by atoms with Crippen molar-refractivity contribution in [3.8, 4) is 0 Å². The van der Waals surface area contributed by atoms with Crippen molar-refractivity contribution < 1.29 is 4.52 Å². The summed E-state index contributed by atoms with van der Waals surface area (Å²) in [5.41, 5.74) is 1.41. The molecule has 3 rings (SSSR count). The van der Waals surface area contributed by atoms with Gasteiger partial charge in [-0.05, 0) is 44.4 Å². The number of guanidine groups is 1. The van der Waals surface area contributed by atoms with Gasteiger partial charge in [0.1, 0.15) is 0 Å². The van der Waals surface area contributed by atoms with E-state index in [0.717, 1.165) is 36.9 Å². The topological polar surface area (TPSA) is 75.3 Å². The second-order valence-electron chi connectivity index (χ2n) is 6.40. The minimum absolute atomic E-state index is 0. The van der Waals surface area contributed by atoms with Gasteiger partial charge in [0.25, 0.3) is 0 Å². The number of aromatic nitrogens is 2. The van der Waals surface area contributed by atoms with Crippen molar-refractivity contribution in [3.63, 3.8) is 0 Å². The van der Waals surface area contributed by atoms with E-state index in [2.05, 4.69) is 39.8 Å². The zero-order valence-electron chi connectivity index (χ0n) is 15.1. The summed E-state index contributed by atoms with van der Waals surface area (Å²) >= 11 is 6.14. The molecular formula is C18H25ClIN5O. The van der Waals surface area contributed by atoms with Crippen molar-refractivity contribution in [3.05, 3.63) is 46.6 Å². The van der Waals surface area contributed by atoms with Gasteiger partial charge in [0.2, 0.25) is 5.89 Å². The first-order valence-electron chi connectivity index (χ1n) is 8.69. The van der Waals surface area contributed by atoms with Crippen LogP contribution in [0, 0.1) is 6.92 Å². The highest BCUT2D eigenvalue weighted by Gasteiger charge is 2.44. The number of hydrogen-bond acceptors (Lipinski definition) is 4. The second kappa shape index (κ2) is 9.55. The Morgan fingerprint density at radius 1 is 1.35 bits per heavy atom. The van der Waals surface area contributed by atoms with E-state index in [1.807, 2.05) is 19.1 Å². The van der Waals surface area contributed by atoms with E-state index < -0.39 is 0 Å². The molecule has 0 bridgehead atoms. The molecular weight excluding hydrogens is 465 g/mol. The number of aryl methyl sites for hydroxylation is 1. The molecule has 0 atom stereocenters. The van der Waals surface area contributed by atoms with Crippen LogP contribution >= 0.6 is 35.6 Å². The molecule has 26 heavy (non-hydrogen) atoms. The summed E-state index contributed by atoms with van der Waals surface area (Å²) < 4.78 is 5.13. The Labute approximate surface area is 176 Å². The van der Waals surface area contributed by atoms with Crippen LogP contribution in [0.4, 0.5) is 0 Å². The SMILES string of the molecule is CCNC(=NCC1(c2cccc(Cl)c2)CC1)NCCc1nc(C)no1.I. The smallest absolute Gasteiger partial charge is 0.228 e. The Hall–Kier alpha value is -1.35. The zero-order chi connectivity index (χ0) is 17.7. The normalized spacial score (nSPS) is 15.3. The molecule has 6 nitrogen and oxygen atoms in total. The lowest BCUT2D eigenvalue weighted by atomic mass is 9.96. The molecule has 2 N–H and O–H groups in total.